The van der Waals surface area contributed by atoms with Gasteiger partial charge in [0.25, 0.3) is 0 Å². The Labute approximate surface area is 921 Å². The third kappa shape index (κ3) is 17.4. The van der Waals surface area contributed by atoms with Crippen LogP contribution in [0.15, 0.2) is 400 Å². The maximum absolute atomic E-state index is 5.57. The summed E-state index contributed by atoms with van der Waals surface area (Å²) in [5.41, 5.74) is 26.9. The molecule has 0 fully saturated rings. The molecule has 0 radical (unpaired) electrons. The van der Waals surface area contributed by atoms with Gasteiger partial charge in [0.15, 0.2) is 0 Å². The second-order valence-electron chi connectivity index (χ2n) is 40.0. The first kappa shape index (κ1) is 97.2. The third-order valence-electron chi connectivity index (χ3n) is 29.9. The van der Waals surface area contributed by atoms with E-state index >= 15 is 0 Å². The van der Waals surface area contributed by atoms with Crippen molar-refractivity contribution < 1.29 is 84.3 Å². The van der Waals surface area contributed by atoms with E-state index in [-0.39, 0.29) is 89.7 Å². The number of fused-ring (bicyclic) bond motifs is 50. The second-order valence-corrected chi connectivity index (χ2v) is 40.0. The molecule has 8 nitrogen and oxygen atoms in total. The number of benzene rings is 18. The fourth-order valence-electron chi connectivity index (χ4n) is 22.0. The molecule has 18 aromatic carbocycles. The first-order chi connectivity index (χ1) is 71.0. The zero-order valence-corrected chi connectivity index (χ0v) is 91.0. The zero-order chi connectivity index (χ0) is 96.9. The summed E-state index contributed by atoms with van der Waals surface area (Å²) >= 11 is 0. The van der Waals surface area contributed by atoms with Gasteiger partial charge in [-0.05, 0) is 133 Å². The average molecular weight is 2630 g/mol. The first-order valence-electron chi connectivity index (χ1n) is 49.6. The number of nitrogens with zero attached hydrogens (tertiary/aromatic N) is 8. The Bertz CT molecular complexity index is 9640. The molecule has 716 valence electrons. The number of aromatic nitrogens is 8. The first-order valence-corrected chi connectivity index (χ1v) is 49.6. The molecule has 149 heavy (non-hydrogen) atoms. The van der Waals surface area contributed by atoms with E-state index in [1.807, 2.05) is 0 Å². The molecule has 12 heteroatoms. The number of para-hydroxylation sites is 2. The Balaban J connectivity index is 0.000000109. The van der Waals surface area contributed by atoms with Crippen LogP contribution in [0.1, 0.15) is 97.7 Å². The largest absolute Gasteiger partial charge is 2.00 e. The van der Waals surface area contributed by atoms with Crippen LogP contribution in [0.3, 0.4) is 0 Å². The molecule has 0 spiro atoms. The van der Waals surface area contributed by atoms with E-state index < -0.39 is 10.8 Å². The molecule has 0 saturated heterocycles. The quantitative estimate of drug-likeness (QED) is 0.109. The van der Waals surface area contributed by atoms with Gasteiger partial charge in [-0.1, -0.05) is 304 Å². The van der Waals surface area contributed by atoms with Crippen LogP contribution in [0.25, 0.3) is 230 Å². The van der Waals surface area contributed by atoms with Crippen molar-refractivity contribution in [3.05, 3.63) is 505 Å². The molecule has 3 aliphatic heterocycles. The van der Waals surface area contributed by atoms with E-state index in [9.17, 15) is 0 Å². The van der Waals surface area contributed by atoms with Gasteiger partial charge in [-0.3, -0.25) is 39.9 Å². The molecule has 9 aromatic heterocycles. The molecular weight excluding hydrogens is 2540 g/mol. The van der Waals surface area contributed by atoms with Crippen LogP contribution in [0.4, 0.5) is 0 Å². The SMILES string of the molecule is CC1(C)c2[c-]c(c3ccccc3c2)-c2cc3ccccc3c(n2)C(C)(C)c2nc(cc3ccccc23)-c2[c-]c1cc1ccccc21.CC1(C)c2[c-]c(ccc2)-c2ccc3ccc4ccc5ccc(nc5c4c3n2)-c2[c-]c1ccc2.[Pt+2].[Pt+2].[Pt+2].[Pt+2].[c-]1c2cccc1-c1[c-]c(ccc1)Cc1nc(cc3ccccc13)-c1cc3ccccc3c(n1)C2.[c-]1c2cccc1c1cccc3ccc(nc31)c1ccc3cccc(c4[c-]c2ccc4)c3n1. The maximum Gasteiger partial charge on any atom is 2.00 e. The molecule has 0 N–H and O–H groups in total. The van der Waals surface area contributed by atoms with E-state index in [1.54, 1.807) is 0 Å². The smallest absolute Gasteiger partial charge is 0.300 e. The minimum atomic E-state index is -0.532. The van der Waals surface area contributed by atoms with Gasteiger partial charge < -0.3 is 0 Å². The van der Waals surface area contributed by atoms with Crippen LogP contribution in [0, 0.1) is 48.5 Å². The molecule has 0 saturated carbocycles. The van der Waals surface area contributed by atoms with E-state index in [2.05, 4.69) is 490 Å². The fourth-order valence-corrected chi connectivity index (χ4v) is 22.0. The van der Waals surface area contributed by atoms with Gasteiger partial charge >= 0.3 is 84.3 Å². The van der Waals surface area contributed by atoms with Crippen LogP contribution >= 0.6 is 0 Å². The predicted octanol–water partition coefficient (Wildman–Crippen LogP) is 33.3. The summed E-state index contributed by atoms with van der Waals surface area (Å²) in [7, 11) is 0. The van der Waals surface area contributed by atoms with Gasteiger partial charge in [0, 0.05) is 54.8 Å². The Kier molecular flexibility index (Phi) is 25.5. The zero-order valence-electron chi connectivity index (χ0n) is 81.9. The Morgan fingerprint density at radius 1 is 0.195 bits per heavy atom. The topological polar surface area (TPSA) is 103 Å². The molecule has 32 bridgehead atoms. The molecule has 12 heterocycles. The van der Waals surface area contributed by atoms with Crippen molar-refractivity contribution in [3.63, 3.8) is 0 Å². The van der Waals surface area contributed by atoms with Gasteiger partial charge in [-0.15, -0.1) is 186 Å². The number of hydrogen-bond acceptors (Lipinski definition) is 8. The van der Waals surface area contributed by atoms with E-state index in [0.29, 0.717) is 12.8 Å². The molecule has 3 aliphatic rings. The van der Waals surface area contributed by atoms with Crippen molar-refractivity contribution in [2.45, 2.75) is 70.6 Å². The molecule has 0 amide bonds. The van der Waals surface area contributed by atoms with Crippen molar-refractivity contribution >= 4 is 162 Å². The van der Waals surface area contributed by atoms with Gasteiger partial charge in [-0.25, -0.2) is 11.1 Å². The normalized spacial score (nSPS) is 13.1. The second kappa shape index (κ2) is 39.1. The van der Waals surface area contributed by atoms with Crippen molar-refractivity contribution in [2.24, 2.45) is 0 Å². The fraction of sp³-hybridized carbons (Fsp3) is 0.0803. The van der Waals surface area contributed by atoms with Crippen LogP contribution in [-0.4, -0.2) is 39.9 Å². The molecule has 30 rings (SSSR count). The Morgan fingerprint density at radius 3 is 0.960 bits per heavy atom. The van der Waals surface area contributed by atoms with Gasteiger partial charge in [-0.2, -0.15) is 71.4 Å². The minimum absolute atomic E-state index is 0. The summed E-state index contributed by atoms with van der Waals surface area (Å²) < 4.78 is 0. The van der Waals surface area contributed by atoms with Crippen molar-refractivity contribution in [2.75, 3.05) is 0 Å². The van der Waals surface area contributed by atoms with Crippen LogP contribution in [0.2, 0.25) is 0 Å². The van der Waals surface area contributed by atoms with E-state index in [0.717, 1.165) is 254 Å². The average Bonchev–Trinajstić information content (AvgIpc) is 0.725. The van der Waals surface area contributed by atoms with Crippen LogP contribution in [-0.2, 0) is 113 Å². The maximum atomic E-state index is 5.57. The predicted molar refractivity (Wildman–Crippen MR) is 598 cm³/mol. The van der Waals surface area contributed by atoms with Gasteiger partial charge in [0.2, 0.25) is 0 Å². The van der Waals surface area contributed by atoms with Gasteiger partial charge in [0.1, 0.15) is 0 Å². The summed E-state index contributed by atoms with van der Waals surface area (Å²) in [6, 6.07) is 171. The van der Waals surface area contributed by atoms with Crippen LogP contribution < -0.4 is 0 Å². The molecule has 0 unspecified atom stereocenters. The number of hydrogen-bond donors (Lipinski definition) is 0. The molecule has 27 aromatic rings. The van der Waals surface area contributed by atoms with Crippen molar-refractivity contribution in [1.29, 1.82) is 0 Å². The number of pyridine rings is 8. The van der Waals surface area contributed by atoms with E-state index in [4.69, 9.17) is 39.9 Å². The summed E-state index contributed by atoms with van der Waals surface area (Å²) in [6.45, 7) is 13.6. The summed E-state index contributed by atoms with van der Waals surface area (Å²) in [6.07, 6.45) is 1.42. The Hall–Kier alpha value is -15.2. The van der Waals surface area contributed by atoms with Gasteiger partial charge in [0.05, 0.1) is 44.8 Å². The summed E-state index contributed by atoms with van der Waals surface area (Å²) in [5.74, 6) is 0. The molecule has 0 aliphatic carbocycles. The van der Waals surface area contributed by atoms with Crippen molar-refractivity contribution in [1.82, 2.24) is 39.9 Å². The summed E-state index contributed by atoms with van der Waals surface area (Å²) in [4.78, 5) is 41.9. The van der Waals surface area contributed by atoms with Crippen molar-refractivity contribution in [3.8, 4) is 67.5 Å². The molecule has 0 atom stereocenters. The number of rotatable bonds is 0. The molecular formula is C137H88N8Pt4. The minimum Gasteiger partial charge on any atom is -0.300 e. The Morgan fingerprint density at radius 2 is 0.517 bits per heavy atom. The standard InChI is InChI=1S/C44H32N2.C32H20N2.C31H20N2.C30H16N2.4Pt/c1-43(2)31-21-27-13-5-9-17-33(27)37(25-31)39-23-29-15-7-11-19-35(29)41(45-39)44(3,4)42-36-20-12-8-16-30(36)24-40(46-42)38-26-32(43)22-28-14-6-10-18-34(28)38;1-3-13-27-25(9-1)19-31-32-20-26-10-2-4-14-28(26)30(34-32)18-22-8-6-12-24(16-22)23-11-5-7-21(15-23)17-29(27)33-31;1-31(2)24-7-3-5-22(17-24)26-15-13-20-11-9-19-10-12-21-14-16-27(23-6-4-8-25(31)18-23)33-30(21)28(19)29(20)32-26;1-7-21-17-23(9-1)25-11-3-5-19-13-15-27(31-29(19)25)28-16-14-20-6-4-12-26(30(20)32-28)24-10-2-8-22(21)18-24;;;;/h5-24H,1-4H3;1-14,19-20H,17-18H2;3-16H,1-2H3;1-16H;;;;/q4*-2;4*+2. The summed E-state index contributed by atoms with van der Waals surface area (Å²) in [5, 5.41) is 26.9. The van der Waals surface area contributed by atoms with Crippen LogP contribution in [0.5, 0.6) is 0 Å². The third-order valence-corrected chi connectivity index (χ3v) is 29.9. The van der Waals surface area contributed by atoms with E-state index in [1.165, 1.54) is 32.3 Å². The monoisotopic (exact) mass is 2620 g/mol.